The zero-order valence-corrected chi connectivity index (χ0v) is 11.3. The van der Waals surface area contributed by atoms with Crippen LogP contribution in [0.4, 0.5) is 13.2 Å². The second-order valence-electron chi connectivity index (χ2n) is 3.91. The normalized spacial score (nSPS) is 10.8. The third-order valence-corrected chi connectivity index (χ3v) is 3.34. The Morgan fingerprint density at radius 3 is 2.68 bits per heavy atom. The SMILES string of the molecule is Cc1cc(C(=O)N(C)CC(F)(F)F)sc1C#CCN. The third kappa shape index (κ3) is 4.58. The van der Waals surface area contributed by atoms with E-state index < -0.39 is 18.6 Å². The van der Waals surface area contributed by atoms with Gasteiger partial charge in [-0.2, -0.15) is 13.2 Å². The van der Waals surface area contributed by atoms with E-state index in [-0.39, 0.29) is 11.4 Å². The van der Waals surface area contributed by atoms with Crippen LogP contribution >= 0.6 is 11.3 Å². The molecule has 1 aromatic heterocycles. The first kappa shape index (κ1) is 15.5. The molecule has 0 aliphatic carbocycles. The van der Waals surface area contributed by atoms with Crippen LogP contribution in [0.3, 0.4) is 0 Å². The van der Waals surface area contributed by atoms with E-state index in [2.05, 4.69) is 11.8 Å². The highest BCUT2D eigenvalue weighted by molar-refractivity contribution is 7.14. The maximum Gasteiger partial charge on any atom is 0.406 e. The van der Waals surface area contributed by atoms with Gasteiger partial charge in [0.2, 0.25) is 0 Å². The first-order valence-corrected chi connectivity index (χ1v) is 6.18. The number of thiophene rings is 1. The monoisotopic (exact) mass is 290 g/mol. The zero-order chi connectivity index (χ0) is 14.6. The Labute approximate surface area is 113 Å². The van der Waals surface area contributed by atoms with E-state index in [9.17, 15) is 18.0 Å². The molecule has 0 atom stereocenters. The van der Waals surface area contributed by atoms with E-state index >= 15 is 0 Å². The summed E-state index contributed by atoms with van der Waals surface area (Å²) in [6, 6.07) is 1.54. The molecule has 0 aliphatic heterocycles. The van der Waals surface area contributed by atoms with Gasteiger partial charge in [0.05, 0.1) is 16.3 Å². The molecule has 0 bridgehead atoms. The number of nitrogens with zero attached hydrogens (tertiary/aromatic N) is 1. The number of amides is 1. The molecular formula is C12H13F3N2OS. The topological polar surface area (TPSA) is 46.3 Å². The van der Waals surface area contributed by atoms with E-state index in [1.807, 2.05) is 0 Å². The van der Waals surface area contributed by atoms with Crippen LogP contribution in [-0.4, -0.2) is 37.1 Å². The molecule has 0 saturated carbocycles. The first-order valence-electron chi connectivity index (χ1n) is 5.36. The standard InChI is InChI=1S/C12H13F3N2OS/c1-8-6-10(19-9(8)4-3-5-16)11(18)17(2)7-12(13,14)15/h6H,5,7,16H2,1-2H3. The number of halogens is 3. The molecule has 0 saturated heterocycles. The minimum Gasteiger partial charge on any atom is -0.332 e. The van der Waals surface area contributed by atoms with Crippen molar-refractivity contribution in [3.05, 3.63) is 21.4 Å². The molecule has 0 aliphatic rings. The van der Waals surface area contributed by atoms with Crippen LogP contribution in [0.2, 0.25) is 0 Å². The van der Waals surface area contributed by atoms with E-state index in [1.54, 1.807) is 13.0 Å². The Hall–Kier alpha value is -1.52. The minimum absolute atomic E-state index is 0.189. The predicted octanol–water partition coefficient (Wildman–Crippen LogP) is 2.00. The van der Waals surface area contributed by atoms with Crippen LogP contribution in [0.1, 0.15) is 20.1 Å². The van der Waals surface area contributed by atoms with Crippen molar-refractivity contribution < 1.29 is 18.0 Å². The molecule has 1 amide bonds. The Morgan fingerprint density at radius 2 is 2.16 bits per heavy atom. The van der Waals surface area contributed by atoms with E-state index in [0.29, 0.717) is 9.78 Å². The molecule has 0 fully saturated rings. The van der Waals surface area contributed by atoms with Crippen molar-refractivity contribution in [2.45, 2.75) is 13.1 Å². The van der Waals surface area contributed by atoms with Crippen molar-refractivity contribution in [2.24, 2.45) is 5.73 Å². The Kier molecular flexibility index (Phi) is 4.97. The largest absolute Gasteiger partial charge is 0.406 e. The van der Waals surface area contributed by atoms with Gasteiger partial charge in [-0.15, -0.1) is 11.3 Å². The van der Waals surface area contributed by atoms with Gasteiger partial charge in [0, 0.05) is 7.05 Å². The molecule has 2 N–H and O–H groups in total. The van der Waals surface area contributed by atoms with Gasteiger partial charge in [-0.05, 0) is 18.6 Å². The lowest BCUT2D eigenvalue weighted by Gasteiger charge is -2.17. The van der Waals surface area contributed by atoms with Crippen molar-refractivity contribution in [3.8, 4) is 11.8 Å². The lowest BCUT2D eigenvalue weighted by molar-refractivity contribution is -0.138. The Bertz CT molecular complexity index is 525. The number of nitrogens with two attached hydrogens (primary N) is 1. The van der Waals surface area contributed by atoms with Crippen molar-refractivity contribution in [2.75, 3.05) is 20.1 Å². The smallest absolute Gasteiger partial charge is 0.332 e. The van der Waals surface area contributed by atoms with Gasteiger partial charge in [-0.25, -0.2) is 0 Å². The number of rotatable bonds is 2. The van der Waals surface area contributed by atoms with Crippen molar-refractivity contribution in [3.63, 3.8) is 0 Å². The lowest BCUT2D eigenvalue weighted by Crippen LogP contribution is -2.35. The highest BCUT2D eigenvalue weighted by Crippen LogP contribution is 2.23. The first-order chi connectivity index (χ1) is 8.74. The van der Waals surface area contributed by atoms with Crippen LogP contribution in [0, 0.1) is 18.8 Å². The summed E-state index contributed by atoms with van der Waals surface area (Å²) in [5.41, 5.74) is 6.00. The number of aryl methyl sites for hydroxylation is 1. The van der Waals surface area contributed by atoms with E-state index in [0.717, 1.165) is 23.9 Å². The van der Waals surface area contributed by atoms with Gasteiger partial charge < -0.3 is 10.6 Å². The lowest BCUT2D eigenvalue weighted by atomic mass is 10.2. The number of carbonyl (C=O) groups excluding carboxylic acids is 1. The van der Waals surface area contributed by atoms with Gasteiger partial charge in [0.1, 0.15) is 6.54 Å². The molecule has 7 heteroatoms. The number of carbonyl (C=O) groups is 1. The summed E-state index contributed by atoms with van der Waals surface area (Å²) in [7, 11) is 1.12. The fourth-order valence-corrected chi connectivity index (χ4v) is 2.41. The van der Waals surface area contributed by atoms with Crippen LogP contribution in [-0.2, 0) is 0 Å². The summed E-state index contributed by atoms with van der Waals surface area (Å²) in [6.45, 7) is 0.665. The molecule has 3 nitrogen and oxygen atoms in total. The molecule has 0 aromatic carbocycles. The van der Waals surface area contributed by atoms with Crippen LogP contribution in [0.5, 0.6) is 0 Å². The fraction of sp³-hybridized carbons (Fsp3) is 0.417. The maximum atomic E-state index is 12.2. The van der Waals surface area contributed by atoms with Gasteiger partial charge >= 0.3 is 6.18 Å². The fourth-order valence-electron chi connectivity index (χ4n) is 1.37. The highest BCUT2D eigenvalue weighted by atomic mass is 32.1. The second-order valence-corrected chi connectivity index (χ2v) is 4.96. The molecular weight excluding hydrogens is 277 g/mol. The third-order valence-electron chi connectivity index (χ3n) is 2.20. The van der Waals surface area contributed by atoms with Gasteiger partial charge in [-0.3, -0.25) is 4.79 Å². The summed E-state index contributed by atoms with van der Waals surface area (Å²) < 4.78 is 36.6. The quantitative estimate of drug-likeness (QED) is 0.847. The van der Waals surface area contributed by atoms with Crippen LogP contribution in [0.25, 0.3) is 0 Å². The Balaban J connectivity index is 2.89. The number of hydrogen-bond donors (Lipinski definition) is 1. The van der Waals surface area contributed by atoms with Crippen molar-refractivity contribution >= 4 is 17.2 Å². The molecule has 0 unspecified atom stereocenters. The summed E-state index contributed by atoms with van der Waals surface area (Å²) in [5, 5.41) is 0. The second kappa shape index (κ2) is 6.08. The average molecular weight is 290 g/mol. The summed E-state index contributed by atoms with van der Waals surface area (Å²) in [5.74, 6) is 4.77. The average Bonchev–Trinajstić information content (AvgIpc) is 2.64. The Morgan fingerprint density at radius 1 is 1.53 bits per heavy atom. The number of alkyl halides is 3. The summed E-state index contributed by atoms with van der Waals surface area (Å²) >= 11 is 1.07. The molecule has 104 valence electrons. The number of hydrogen-bond acceptors (Lipinski definition) is 3. The molecule has 1 heterocycles. The van der Waals surface area contributed by atoms with Gasteiger partial charge in [0.15, 0.2) is 0 Å². The molecule has 1 aromatic rings. The van der Waals surface area contributed by atoms with E-state index in [1.165, 1.54) is 0 Å². The van der Waals surface area contributed by atoms with Crippen molar-refractivity contribution in [1.82, 2.24) is 4.90 Å². The minimum atomic E-state index is -4.40. The molecule has 1 rings (SSSR count). The summed E-state index contributed by atoms with van der Waals surface area (Å²) in [4.78, 5) is 13.4. The molecule has 0 spiro atoms. The summed E-state index contributed by atoms with van der Waals surface area (Å²) in [6.07, 6.45) is -4.40. The van der Waals surface area contributed by atoms with Gasteiger partial charge in [0.25, 0.3) is 5.91 Å². The highest BCUT2D eigenvalue weighted by Gasteiger charge is 2.32. The maximum absolute atomic E-state index is 12.2. The van der Waals surface area contributed by atoms with E-state index in [4.69, 9.17) is 5.73 Å². The van der Waals surface area contributed by atoms with Crippen LogP contribution < -0.4 is 5.73 Å². The molecule has 0 radical (unpaired) electrons. The van der Waals surface area contributed by atoms with Crippen molar-refractivity contribution in [1.29, 1.82) is 0 Å². The van der Waals surface area contributed by atoms with Crippen LogP contribution in [0.15, 0.2) is 6.07 Å². The zero-order valence-electron chi connectivity index (χ0n) is 10.5. The molecule has 19 heavy (non-hydrogen) atoms. The van der Waals surface area contributed by atoms with Gasteiger partial charge in [-0.1, -0.05) is 11.8 Å². The predicted molar refractivity (Wildman–Crippen MR) is 68.0 cm³/mol.